The third-order valence-electron chi connectivity index (χ3n) is 2.94. The van der Waals surface area contributed by atoms with Gasteiger partial charge in [0.15, 0.2) is 5.22 Å². The monoisotopic (exact) mass is 293 g/mol. The van der Waals surface area contributed by atoms with Crippen LogP contribution in [0.15, 0.2) is 40.8 Å². The van der Waals surface area contributed by atoms with Crippen LogP contribution in [0.2, 0.25) is 5.22 Å². The zero-order valence-corrected chi connectivity index (χ0v) is 12.8. The Morgan fingerprint density at radius 1 is 1.20 bits per heavy atom. The normalized spacial score (nSPS) is 12.7. The first-order valence-electron chi connectivity index (χ1n) is 6.79. The number of hydrogen-bond donors (Lipinski definition) is 1. The third-order valence-corrected chi connectivity index (χ3v) is 3.14. The standard InChI is InChI=1S/C16H20ClNO2/c1-11(2)19-14-6-4-5-13(9-14)12(3)18-10-15-7-8-16(17)20-15/h4-9,11-12,18H,10H2,1-3H3. The predicted molar refractivity (Wildman–Crippen MR) is 81.2 cm³/mol. The lowest BCUT2D eigenvalue weighted by Gasteiger charge is -2.16. The van der Waals surface area contributed by atoms with E-state index < -0.39 is 0 Å². The van der Waals surface area contributed by atoms with Crippen molar-refractivity contribution in [1.29, 1.82) is 0 Å². The molecule has 0 aliphatic heterocycles. The van der Waals surface area contributed by atoms with Crippen LogP contribution in [0, 0.1) is 0 Å². The van der Waals surface area contributed by atoms with Crippen molar-refractivity contribution < 1.29 is 9.15 Å². The fourth-order valence-corrected chi connectivity index (χ4v) is 2.11. The highest BCUT2D eigenvalue weighted by atomic mass is 35.5. The second-order valence-corrected chi connectivity index (χ2v) is 5.42. The molecule has 0 spiro atoms. The summed E-state index contributed by atoms with van der Waals surface area (Å²) in [5.41, 5.74) is 1.18. The summed E-state index contributed by atoms with van der Waals surface area (Å²) in [4.78, 5) is 0. The summed E-state index contributed by atoms with van der Waals surface area (Å²) in [6.45, 7) is 6.80. The van der Waals surface area contributed by atoms with Gasteiger partial charge in [0.1, 0.15) is 11.5 Å². The van der Waals surface area contributed by atoms with Gasteiger partial charge < -0.3 is 14.5 Å². The molecule has 1 atom stereocenters. The summed E-state index contributed by atoms with van der Waals surface area (Å²) in [5, 5.41) is 3.82. The largest absolute Gasteiger partial charge is 0.491 e. The Kier molecular flexibility index (Phi) is 5.10. The van der Waals surface area contributed by atoms with Crippen LogP contribution in [0.4, 0.5) is 0 Å². The van der Waals surface area contributed by atoms with Crippen molar-refractivity contribution in [3.05, 3.63) is 52.9 Å². The zero-order chi connectivity index (χ0) is 14.5. The Labute approximate surface area is 124 Å². The Morgan fingerprint density at radius 2 is 2.00 bits per heavy atom. The van der Waals surface area contributed by atoms with Gasteiger partial charge in [-0.25, -0.2) is 0 Å². The maximum atomic E-state index is 5.75. The van der Waals surface area contributed by atoms with Gasteiger partial charge in [-0.05, 0) is 62.2 Å². The van der Waals surface area contributed by atoms with Crippen molar-refractivity contribution >= 4 is 11.6 Å². The summed E-state index contributed by atoms with van der Waals surface area (Å²) in [7, 11) is 0. The Hall–Kier alpha value is -1.45. The molecule has 2 aromatic rings. The first-order valence-corrected chi connectivity index (χ1v) is 7.16. The highest BCUT2D eigenvalue weighted by Crippen LogP contribution is 2.21. The van der Waals surface area contributed by atoms with Gasteiger partial charge in [-0.3, -0.25) is 0 Å². The number of rotatable bonds is 6. The van der Waals surface area contributed by atoms with E-state index in [1.165, 1.54) is 5.56 Å². The summed E-state index contributed by atoms with van der Waals surface area (Å²) < 4.78 is 11.0. The van der Waals surface area contributed by atoms with Gasteiger partial charge in [0.05, 0.1) is 12.6 Å². The molecule has 0 saturated carbocycles. The molecular formula is C16H20ClNO2. The van der Waals surface area contributed by atoms with E-state index in [9.17, 15) is 0 Å². The topological polar surface area (TPSA) is 34.4 Å². The highest BCUT2D eigenvalue weighted by Gasteiger charge is 2.08. The Balaban J connectivity index is 1.96. The molecule has 0 amide bonds. The van der Waals surface area contributed by atoms with E-state index in [0.29, 0.717) is 11.8 Å². The van der Waals surface area contributed by atoms with Gasteiger partial charge in [0.25, 0.3) is 0 Å². The van der Waals surface area contributed by atoms with E-state index in [4.69, 9.17) is 20.8 Å². The number of nitrogens with one attached hydrogen (secondary N) is 1. The number of halogens is 1. The average Bonchev–Trinajstić information content (AvgIpc) is 2.81. The molecule has 108 valence electrons. The molecule has 20 heavy (non-hydrogen) atoms. The first kappa shape index (κ1) is 14.9. The zero-order valence-electron chi connectivity index (χ0n) is 12.0. The first-order chi connectivity index (χ1) is 9.54. The van der Waals surface area contributed by atoms with E-state index in [1.54, 1.807) is 6.07 Å². The van der Waals surface area contributed by atoms with Gasteiger partial charge in [0, 0.05) is 6.04 Å². The van der Waals surface area contributed by atoms with Crippen LogP contribution < -0.4 is 10.1 Å². The minimum absolute atomic E-state index is 0.179. The van der Waals surface area contributed by atoms with Crippen LogP contribution in [-0.2, 0) is 6.54 Å². The van der Waals surface area contributed by atoms with Crippen LogP contribution in [0.3, 0.4) is 0 Å². The second kappa shape index (κ2) is 6.82. The number of hydrogen-bond acceptors (Lipinski definition) is 3. The minimum atomic E-state index is 0.179. The van der Waals surface area contributed by atoms with E-state index in [-0.39, 0.29) is 12.1 Å². The molecule has 0 saturated heterocycles. The average molecular weight is 294 g/mol. The van der Waals surface area contributed by atoms with Gasteiger partial charge in [-0.2, -0.15) is 0 Å². The van der Waals surface area contributed by atoms with Crippen LogP contribution in [0.1, 0.15) is 38.1 Å². The lowest BCUT2D eigenvalue weighted by atomic mass is 10.1. The molecule has 0 bridgehead atoms. The SMILES string of the molecule is CC(C)Oc1cccc(C(C)NCc2ccc(Cl)o2)c1. The molecule has 1 heterocycles. The smallest absolute Gasteiger partial charge is 0.193 e. The van der Waals surface area contributed by atoms with E-state index in [2.05, 4.69) is 24.4 Å². The van der Waals surface area contributed by atoms with Crippen molar-refractivity contribution in [2.24, 2.45) is 0 Å². The van der Waals surface area contributed by atoms with E-state index in [1.807, 2.05) is 32.0 Å². The summed E-state index contributed by atoms with van der Waals surface area (Å²) in [5.74, 6) is 1.73. The van der Waals surface area contributed by atoms with Gasteiger partial charge >= 0.3 is 0 Å². The maximum absolute atomic E-state index is 5.75. The molecule has 0 radical (unpaired) electrons. The summed E-state index contributed by atoms with van der Waals surface area (Å²) in [6, 6.07) is 12.0. The molecule has 1 aromatic carbocycles. The van der Waals surface area contributed by atoms with Gasteiger partial charge in [0.2, 0.25) is 0 Å². The van der Waals surface area contributed by atoms with Crippen LogP contribution in [0.5, 0.6) is 5.75 Å². The predicted octanol–water partition coefficient (Wildman–Crippen LogP) is 4.57. The van der Waals surface area contributed by atoms with Gasteiger partial charge in [-0.1, -0.05) is 12.1 Å². The Morgan fingerprint density at radius 3 is 2.65 bits per heavy atom. The van der Waals surface area contributed by atoms with Crippen LogP contribution in [-0.4, -0.2) is 6.10 Å². The lowest BCUT2D eigenvalue weighted by Crippen LogP contribution is -2.18. The molecule has 1 N–H and O–H groups in total. The van der Waals surface area contributed by atoms with E-state index in [0.717, 1.165) is 11.5 Å². The molecule has 0 fully saturated rings. The fourth-order valence-electron chi connectivity index (χ4n) is 1.95. The third kappa shape index (κ3) is 4.29. The van der Waals surface area contributed by atoms with E-state index >= 15 is 0 Å². The Bertz CT molecular complexity index is 551. The van der Waals surface area contributed by atoms with Crippen LogP contribution >= 0.6 is 11.6 Å². The molecule has 1 unspecified atom stereocenters. The summed E-state index contributed by atoms with van der Waals surface area (Å²) in [6.07, 6.45) is 0.179. The highest BCUT2D eigenvalue weighted by molar-refractivity contribution is 6.28. The molecule has 1 aromatic heterocycles. The second-order valence-electron chi connectivity index (χ2n) is 5.05. The van der Waals surface area contributed by atoms with Gasteiger partial charge in [-0.15, -0.1) is 0 Å². The molecule has 0 aliphatic rings. The fraction of sp³-hybridized carbons (Fsp3) is 0.375. The maximum Gasteiger partial charge on any atom is 0.193 e. The molecular weight excluding hydrogens is 274 g/mol. The van der Waals surface area contributed by atoms with Crippen LogP contribution in [0.25, 0.3) is 0 Å². The molecule has 3 nitrogen and oxygen atoms in total. The molecule has 0 aliphatic carbocycles. The quantitative estimate of drug-likeness (QED) is 0.847. The van der Waals surface area contributed by atoms with Crippen molar-refractivity contribution in [2.75, 3.05) is 0 Å². The van der Waals surface area contributed by atoms with Crippen molar-refractivity contribution in [3.63, 3.8) is 0 Å². The van der Waals surface area contributed by atoms with Crippen molar-refractivity contribution in [2.45, 2.75) is 39.5 Å². The minimum Gasteiger partial charge on any atom is -0.491 e. The number of benzene rings is 1. The summed E-state index contributed by atoms with van der Waals surface area (Å²) >= 11 is 5.75. The molecule has 2 rings (SSSR count). The van der Waals surface area contributed by atoms with Crippen molar-refractivity contribution in [3.8, 4) is 5.75 Å². The number of furan rings is 1. The molecule has 4 heteroatoms. The number of ether oxygens (including phenoxy) is 1. The lowest BCUT2D eigenvalue weighted by molar-refractivity contribution is 0.242. The van der Waals surface area contributed by atoms with Crippen molar-refractivity contribution in [1.82, 2.24) is 5.32 Å².